The molecule has 0 bridgehead atoms. The summed E-state index contributed by atoms with van der Waals surface area (Å²) in [5.41, 5.74) is 3.30. The molecule has 0 unspecified atom stereocenters. The van der Waals surface area contributed by atoms with E-state index in [9.17, 15) is 4.79 Å². The fraction of sp³-hybridized carbons (Fsp3) is 0.400. The van der Waals surface area contributed by atoms with Crippen molar-refractivity contribution in [3.8, 4) is 11.8 Å². The fourth-order valence-corrected chi connectivity index (χ4v) is 1.74. The Morgan fingerprint density at radius 3 is 2.59 bits per heavy atom. The number of hydrogen-bond acceptors (Lipinski definition) is 1. The Morgan fingerprint density at radius 2 is 2.06 bits per heavy atom. The van der Waals surface area contributed by atoms with Crippen molar-refractivity contribution in [2.45, 2.75) is 39.5 Å². The van der Waals surface area contributed by atoms with E-state index in [-0.39, 0.29) is 5.41 Å². The van der Waals surface area contributed by atoms with Crippen molar-refractivity contribution >= 4 is 5.97 Å². The van der Waals surface area contributed by atoms with Gasteiger partial charge in [0.15, 0.2) is 0 Å². The minimum absolute atomic E-state index is 0.0883. The van der Waals surface area contributed by atoms with Crippen molar-refractivity contribution in [3.05, 3.63) is 34.9 Å². The molecule has 1 rings (SSSR count). The molecule has 0 aliphatic rings. The molecule has 0 aliphatic carbocycles. The van der Waals surface area contributed by atoms with Crippen LogP contribution >= 0.6 is 0 Å². The van der Waals surface area contributed by atoms with Crippen LogP contribution in [0, 0.1) is 18.8 Å². The van der Waals surface area contributed by atoms with Gasteiger partial charge in [-0.25, -0.2) is 4.79 Å². The summed E-state index contributed by atoms with van der Waals surface area (Å²) in [7, 11) is 0. The second-order valence-corrected chi connectivity index (χ2v) is 4.82. The van der Waals surface area contributed by atoms with Crippen LogP contribution in [0.1, 0.15) is 43.9 Å². The zero-order valence-corrected chi connectivity index (χ0v) is 10.8. The molecule has 1 N–H and O–H groups in total. The summed E-state index contributed by atoms with van der Waals surface area (Å²) < 4.78 is 0. The minimum Gasteiger partial charge on any atom is -0.472 e. The largest absolute Gasteiger partial charge is 0.472 e. The van der Waals surface area contributed by atoms with Gasteiger partial charge in [-0.1, -0.05) is 32.8 Å². The molecule has 0 saturated carbocycles. The average molecular weight is 230 g/mol. The molecule has 0 spiro atoms. The van der Waals surface area contributed by atoms with Crippen LogP contribution in [0.25, 0.3) is 0 Å². The van der Waals surface area contributed by atoms with E-state index >= 15 is 0 Å². The van der Waals surface area contributed by atoms with Gasteiger partial charge in [0.1, 0.15) is 0 Å². The van der Waals surface area contributed by atoms with Crippen LogP contribution in [0.3, 0.4) is 0 Å². The first-order chi connectivity index (χ1) is 7.86. The van der Waals surface area contributed by atoms with Gasteiger partial charge in [-0.15, -0.1) is 0 Å². The third-order valence-electron chi connectivity index (χ3n) is 3.16. The maximum absolute atomic E-state index is 10.4. The smallest absolute Gasteiger partial charge is 0.382 e. The lowest BCUT2D eigenvalue weighted by atomic mass is 9.79. The fourth-order valence-electron chi connectivity index (χ4n) is 1.74. The summed E-state index contributed by atoms with van der Waals surface area (Å²) >= 11 is 0. The predicted molar refractivity (Wildman–Crippen MR) is 69.0 cm³/mol. The molecule has 0 atom stereocenters. The van der Waals surface area contributed by atoms with Gasteiger partial charge in [0.2, 0.25) is 0 Å². The molecule has 0 heterocycles. The van der Waals surface area contributed by atoms with Gasteiger partial charge in [-0.05, 0) is 42.0 Å². The topological polar surface area (TPSA) is 37.3 Å². The highest BCUT2D eigenvalue weighted by atomic mass is 16.4. The number of hydrogen-bond donors (Lipinski definition) is 1. The first-order valence-electron chi connectivity index (χ1n) is 5.73. The zero-order chi connectivity index (χ0) is 13.1. The Morgan fingerprint density at radius 1 is 1.41 bits per heavy atom. The number of rotatable bonds is 2. The van der Waals surface area contributed by atoms with Crippen LogP contribution in [0.4, 0.5) is 0 Å². The number of aliphatic carboxylic acids is 1. The maximum Gasteiger partial charge on any atom is 0.382 e. The van der Waals surface area contributed by atoms with Crippen molar-refractivity contribution in [1.29, 1.82) is 0 Å². The maximum atomic E-state index is 10.4. The molecule has 2 nitrogen and oxygen atoms in total. The number of benzene rings is 1. The second-order valence-electron chi connectivity index (χ2n) is 4.82. The molecule has 17 heavy (non-hydrogen) atoms. The minimum atomic E-state index is -1.10. The Balaban J connectivity index is 3.21. The molecule has 0 fully saturated rings. The van der Waals surface area contributed by atoms with E-state index in [1.54, 1.807) is 0 Å². The molecule has 0 aromatic heterocycles. The molecule has 0 saturated heterocycles. The van der Waals surface area contributed by atoms with Crippen LogP contribution < -0.4 is 0 Å². The van der Waals surface area contributed by atoms with E-state index in [0.29, 0.717) is 0 Å². The summed E-state index contributed by atoms with van der Waals surface area (Å²) in [6, 6.07) is 5.86. The lowest BCUT2D eigenvalue weighted by molar-refractivity contribution is -0.130. The van der Waals surface area contributed by atoms with Crippen molar-refractivity contribution < 1.29 is 9.90 Å². The third-order valence-corrected chi connectivity index (χ3v) is 3.16. The number of carbonyl (C=O) groups is 1. The zero-order valence-electron chi connectivity index (χ0n) is 10.8. The van der Waals surface area contributed by atoms with Crippen molar-refractivity contribution in [2.24, 2.45) is 0 Å². The first kappa shape index (κ1) is 13.3. The quantitative estimate of drug-likeness (QED) is 0.792. The van der Waals surface area contributed by atoms with Crippen LogP contribution in [-0.2, 0) is 10.2 Å². The van der Waals surface area contributed by atoms with Crippen molar-refractivity contribution in [3.63, 3.8) is 0 Å². The first-order valence-corrected chi connectivity index (χ1v) is 5.73. The van der Waals surface area contributed by atoms with Crippen LogP contribution in [-0.4, -0.2) is 11.1 Å². The van der Waals surface area contributed by atoms with Crippen LogP contribution in [0.5, 0.6) is 0 Å². The van der Waals surface area contributed by atoms with Gasteiger partial charge >= 0.3 is 5.97 Å². The molecule has 90 valence electrons. The Bertz CT molecular complexity index is 487. The van der Waals surface area contributed by atoms with Gasteiger partial charge in [0.05, 0.1) is 0 Å². The highest BCUT2D eigenvalue weighted by Crippen LogP contribution is 2.29. The Hall–Kier alpha value is -1.75. The number of carboxylic acid groups (broad SMARTS) is 1. The van der Waals surface area contributed by atoms with Crippen molar-refractivity contribution in [1.82, 2.24) is 0 Å². The highest BCUT2D eigenvalue weighted by molar-refractivity contribution is 5.87. The predicted octanol–water partition coefficient (Wildman–Crippen LogP) is 3.12. The summed E-state index contributed by atoms with van der Waals surface area (Å²) in [6.07, 6.45) is 1.03. The van der Waals surface area contributed by atoms with E-state index < -0.39 is 5.97 Å². The summed E-state index contributed by atoms with van der Waals surface area (Å²) in [4.78, 5) is 10.4. The summed E-state index contributed by atoms with van der Waals surface area (Å²) in [5, 5.41) is 8.53. The Kier molecular flexibility index (Phi) is 3.96. The van der Waals surface area contributed by atoms with E-state index in [2.05, 4.69) is 39.5 Å². The van der Waals surface area contributed by atoms with E-state index in [1.165, 1.54) is 11.1 Å². The molecular weight excluding hydrogens is 212 g/mol. The molecule has 2 heteroatoms. The Labute approximate surface area is 103 Å². The van der Waals surface area contributed by atoms with Gasteiger partial charge in [0.25, 0.3) is 0 Å². The van der Waals surface area contributed by atoms with E-state index in [1.807, 2.05) is 18.2 Å². The third kappa shape index (κ3) is 3.35. The SMILES string of the molecule is CCC(C)(C)c1cc(C#CC(=O)O)ccc1C. The van der Waals surface area contributed by atoms with E-state index in [4.69, 9.17) is 5.11 Å². The second kappa shape index (κ2) is 5.05. The molecule has 1 aromatic carbocycles. The molecular formula is C15H18O2. The summed E-state index contributed by atoms with van der Waals surface area (Å²) in [5.74, 6) is 3.71. The lowest BCUT2D eigenvalue weighted by Gasteiger charge is -2.25. The van der Waals surface area contributed by atoms with Crippen LogP contribution in [0.2, 0.25) is 0 Å². The lowest BCUT2D eigenvalue weighted by Crippen LogP contribution is -2.17. The number of carboxylic acids is 1. The summed E-state index contributed by atoms with van der Waals surface area (Å²) in [6.45, 7) is 8.59. The van der Waals surface area contributed by atoms with Gasteiger partial charge in [-0.3, -0.25) is 0 Å². The molecule has 0 radical (unpaired) electrons. The average Bonchev–Trinajstić information content (AvgIpc) is 2.27. The van der Waals surface area contributed by atoms with Crippen LogP contribution in [0.15, 0.2) is 18.2 Å². The monoisotopic (exact) mass is 230 g/mol. The van der Waals surface area contributed by atoms with Gasteiger partial charge in [-0.2, -0.15) is 0 Å². The molecule has 0 amide bonds. The van der Waals surface area contributed by atoms with Gasteiger partial charge in [0, 0.05) is 11.5 Å². The van der Waals surface area contributed by atoms with E-state index in [0.717, 1.165) is 12.0 Å². The highest BCUT2D eigenvalue weighted by Gasteiger charge is 2.20. The normalized spacial score (nSPS) is 10.6. The van der Waals surface area contributed by atoms with Gasteiger partial charge < -0.3 is 5.11 Å². The standard InChI is InChI=1S/C15H18O2/c1-5-15(3,4)13-10-12(7-6-11(13)2)8-9-14(16)17/h6-7,10H,5H2,1-4H3,(H,16,17). The molecule has 1 aromatic rings. The van der Waals surface area contributed by atoms with Crippen molar-refractivity contribution in [2.75, 3.05) is 0 Å². The number of aryl methyl sites for hydroxylation is 1. The molecule has 0 aliphatic heterocycles.